The molecule has 0 bridgehead atoms. The fourth-order valence-corrected chi connectivity index (χ4v) is 1.32. The molecule has 1 aromatic heterocycles. The second-order valence-electron chi connectivity index (χ2n) is 4.86. The van der Waals surface area contributed by atoms with Crippen molar-refractivity contribution in [3.8, 4) is 0 Å². The second kappa shape index (κ2) is 4.81. The van der Waals surface area contributed by atoms with Crippen LogP contribution < -0.4 is 5.32 Å². The first-order valence-electron chi connectivity index (χ1n) is 5.24. The standard InChI is InChI=1S/C12H21NO2/c1-9-6-10(8-14-5)15-11(9)7-13-12(2,3)4/h6,13H,7-8H2,1-5H3. The van der Waals surface area contributed by atoms with Crippen molar-refractivity contribution in [2.45, 2.75) is 46.4 Å². The average molecular weight is 211 g/mol. The van der Waals surface area contributed by atoms with Gasteiger partial charge in [0, 0.05) is 12.6 Å². The molecule has 0 spiro atoms. The highest BCUT2D eigenvalue weighted by Crippen LogP contribution is 2.16. The van der Waals surface area contributed by atoms with Crippen molar-refractivity contribution in [2.75, 3.05) is 7.11 Å². The molecule has 3 nitrogen and oxygen atoms in total. The summed E-state index contributed by atoms with van der Waals surface area (Å²) in [6.07, 6.45) is 0. The van der Waals surface area contributed by atoms with Gasteiger partial charge in [0.1, 0.15) is 18.1 Å². The van der Waals surface area contributed by atoms with E-state index < -0.39 is 0 Å². The normalized spacial score (nSPS) is 12.1. The molecular weight excluding hydrogens is 190 g/mol. The maximum atomic E-state index is 5.66. The van der Waals surface area contributed by atoms with Gasteiger partial charge >= 0.3 is 0 Å². The van der Waals surface area contributed by atoms with E-state index in [1.165, 1.54) is 5.56 Å². The Morgan fingerprint density at radius 3 is 2.60 bits per heavy atom. The van der Waals surface area contributed by atoms with Gasteiger partial charge in [-0.2, -0.15) is 0 Å². The molecule has 0 saturated heterocycles. The minimum absolute atomic E-state index is 0.112. The zero-order valence-electron chi connectivity index (χ0n) is 10.3. The van der Waals surface area contributed by atoms with Gasteiger partial charge in [-0.15, -0.1) is 0 Å². The Hall–Kier alpha value is -0.800. The molecule has 0 unspecified atom stereocenters. The smallest absolute Gasteiger partial charge is 0.130 e. The fraction of sp³-hybridized carbons (Fsp3) is 0.667. The molecule has 0 aliphatic rings. The Kier molecular flexibility index (Phi) is 3.94. The molecule has 86 valence electrons. The first kappa shape index (κ1) is 12.3. The summed E-state index contributed by atoms with van der Waals surface area (Å²) in [7, 11) is 1.67. The number of hydrogen-bond acceptors (Lipinski definition) is 3. The monoisotopic (exact) mass is 211 g/mol. The first-order chi connectivity index (χ1) is 6.92. The average Bonchev–Trinajstić information content (AvgIpc) is 2.42. The molecule has 1 rings (SSSR count). The molecular formula is C12H21NO2. The summed E-state index contributed by atoms with van der Waals surface area (Å²) < 4.78 is 10.7. The maximum Gasteiger partial charge on any atom is 0.130 e. The van der Waals surface area contributed by atoms with E-state index in [9.17, 15) is 0 Å². The van der Waals surface area contributed by atoms with Crippen LogP contribution in [0, 0.1) is 6.92 Å². The molecule has 0 aromatic carbocycles. The highest BCUT2D eigenvalue weighted by Gasteiger charge is 2.12. The van der Waals surface area contributed by atoms with Crippen LogP contribution >= 0.6 is 0 Å². The van der Waals surface area contributed by atoms with E-state index in [1.807, 2.05) is 6.07 Å². The summed E-state index contributed by atoms with van der Waals surface area (Å²) in [5.74, 6) is 1.89. The highest BCUT2D eigenvalue weighted by molar-refractivity contribution is 5.19. The lowest BCUT2D eigenvalue weighted by atomic mass is 10.1. The zero-order valence-corrected chi connectivity index (χ0v) is 10.3. The lowest BCUT2D eigenvalue weighted by Crippen LogP contribution is -2.35. The maximum absolute atomic E-state index is 5.66. The van der Waals surface area contributed by atoms with Crippen molar-refractivity contribution in [1.82, 2.24) is 5.32 Å². The van der Waals surface area contributed by atoms with Crippen LogP contribution in [0.1, 0.15) is 37.9 Å². The van der Waals surface area contributed by atoms with Crippen LogP contribution in [0.2, 0.25) is 0 Å². The summed E-state index contributed by atoms with van der Waals surface area (Å²) >= 11 is 0. The van der Waals surface area contributed by atoms with Gasteiger partial charge in [-0.05, 0) is 39.3 Å². The van der Waals surface area contributed by atoms with Gasteiger partial charge in [0.15, 0.2) is 0 Å². The molecule has 0 saturated carbocycles. The highest BCUT2D eigenvalue weighted by atomic mass is 16.5. The second-order valence-corrected chi connectivity index (χ2v) is 4.86. The Balaban J connectivity index is 2.61. The van der Waals surface area contributed by atoms with Crippen molar-refractivity contribution in [1.29, 1.82) is 0 Å². The molecule has 0 atom stereocenters. The van der Waals surface area contributed by atoms with Crippen LogP contribution in [0.25, 0.3) is 0 Å². The molecule has 1 aromatic rings. The zero-order chi connectivity index (χ0) is 11.5. The molecule has 0 fully saturated rings. The summed E-state index contributed by atoms with van der Waals surface area (Å²) in [6, 6.07) is 2.03. The number of furan rings is 1. The SMILES string of the molecule is COCc1cc(C)c(CNC(C)(C)C)o1. The van der Waals surface area contributed by atoms with Crippen LogP contribution in [-0.4, -0.2) is 12.6 Å². The summed E-state index contributed by atoms with van der Waals surface area (Å²) in [4.78, 5) is 0. The van der Waals surface area contributed by atoms with Crippen molar-refractivity contribution in [3.05, 3.63) is 23.2 Å². The van der Waals surface area contributed by atoms with E-state index in [1.54, 1.807) is 7.11 Å². The van der Waals surface area contributed by atoms with Gasteiger partial charge in [0.2, 0.25) is 0 Å². The van der Waals surface area contributed by atoms with Gasteiger partial charge in [0.25, 0.3) is 0 Å². The number of methoxy groups -OCH3 is 1. The van der Waals surface area contributed by atoms with Gasteiger partial charge in [0.05, 0.1) is 6.54 Å². The minimum atomic E-state index is 0.112. The quantitative estimate of drug-likeness (QED) is 0.831. The lowest BCUT2D eigenvalue weighted by molar-refractivity contribution is 0.162. The molecule has 15 heavy (non-hydrogen) atoms. The van der Waals surface area contributed by atoms with Crippen LogP contribution in [-0.2, 0) is 17.9 Å². The number of nitrogens with one attached hydrogen (secondary N) is 1. The minimum Gasteiger partial charge on any atom is -0.462 e. The predicted molar refractivity (Wildman–Crippen MR) is 60.8 cm³/mol. The van der Waals surface area contributed by atoms with E-state index >= 15 is 0 Å². The van der Waals surface area contributed by atoms with Gasteiger partial charge in [-0.3, -0.25) is 0 Å². The molecule has 1 heterocycles. The van der Waals surface area contributed by atoms with Crippen LogP contribution in [0.15, 0.2) is 10.5 Å². The van der Waals surface area contributed by atoms with Crippen LogP contribution in [0.4, 0.5) is 0 Å². The summed E-state index contributed by atoms with van der Waals surface area (Å²) in [5.41, 5.74) is 1.29. The van der Waals surface area contributed by atoms with Gasteiger partial charge in [-0.1, -0.05) is 0 Å². The van der Waals surface area contributed by atoms with E-state index in [4.69, 9.17) is 9.15 Å². The van der Waals surface area contributed by atoms with Crippen molar-refractivity contribution in [3.63, 3.8) is 0 Å². The Morgan fingerprint density at radius 2 is 2.07 bits per heavy atom. The summed E-state index contributed by atoms with van der Waals surface area (Å²) in [6.45, 7) is 9.78. The molecule has 0 aliphatic carbocycles. The Bertz CT molecular complexity index is 310. The van der Waals surface area contributed by atoms with E-state index in [2.05, 4.69) is 33.0 Å². The molecule has 0 amide bonds. The van der Waals surface area contributed by atoms with Crippen molar-refractivity contribution < 1.29 is 9.15 Å². The largest absolute Gasteiger partial charge is 0.462 e. The van der Waals surface area contributed by atoms with E-state index in [-0.39, 0.29) is 5.54 Å². The molecule has 0 radical (unpaired) electrons. The third-order valence-electron chi connectivity index (χ3n) is 2.14. The molecule has 0 aliphatic heterocycles. The van der Waals surface area contributed by atoms with Crippen molar-refractivity contribution >= 4 is 0 Å². The third kappa shape index (κ3) is 4.06. The Labute approximate surface area is 91.8 Å². The molecule has 3 heteroatoms. The van der Waals surface area contributed by atoms with Crippen LogP contribution in [0.5, 0.6) is 0 Å². The number of rotatable bonds is 4. The van der Waals surface area contributed by atoms with Crippen molar-refractivity contribution in [2.24, 2.45) is 0 Å². The fourth-order valence-electron chi connectivity index (χ4n) is 1.32. The number of aryl methyl sites for hydroxylation is 1. The molecule has 1 N–H and O–H groups in total. The van der Waals surface area contributed by atoms with E-state index in [0.29, 0.717) is 6.61 Å². The van der Waals surface area contributed by atoms with E-state index in [0.717, 1.165) is 18.1 Å². The number of ether oxygens (including phenoxy) is 1. The lowest BCUT2D eigenvalue weighted by Gasteiger charge is -2.19. The van der Waals surface area contributed by atoms with Gasteiger partial charge in [-0.25, -0.2) is 0 Å². The number of hydrogen-bond donors (Lipinski definition) is 1. The third-order valence-corrected chi connectivity index (χ3v) is 2.14. The Morgan fingerprint density at radius 1 is 1.40 bits per heavy atom. The van der Waals surface area contributed by atoms with Crippen LogP contribution in [0.3, 0.4) is 0 Å². The topological polar surface area (TPSA) is 34.4 Å². The van der Waals surface area contributed by atoms with Gasteiger partial charge < -0.3 is 14.5 Å². The summed E-state index contributed by atoms with van der Waals surface area (Å²) in [5, 5.41) is 3.40. The predicted octanol–water partition coefficient (Wildman–Crippen LogP) is 2.62. The first-order valence-corrected chi connectivity index (χ1v) is 5.24.